The van der Waals surface area contributed by atoms with Gasteiger partial charge in [-0.15, -0.1) is 0 Å². The molecule has 0 amide bonds. The van der Waals surface area contributed by atoms with Gasteiger partial charge in [0.05, 0.1) is 12.7 Å². The molecule has 0 aliphatic heterocycles. The summed E-state index contributed by atoms with van der Waals surface area (Å²) in [6.45, 7) is 0.243. The highest BCUT2D eigenvalue weighted by Crippen LogP contribution is 2.23. The zero-order valence-corrected chi connectivity index (χ0v) is 9.73. The maximum absolute atomic E-state index is 13.1. The van der Waals surface area contributed by atoms with Crippen LogP contribution in [0.1, 0.15) is 23.7 Å². The summed E-state index contributed by atoms with van der Waals surface area (Å²) in [6, 6.07) is 3.75. The molecule has 0 aliphatic carbocycles. The first-order valence-electron chi connectivity index (χ1n) is 5.50. The van der Waals surface area contributed by atoms with E-state index >= 15 is 0 Å². The zero-order chi connectivity index (χ0) is 12.8. The van der Waals surface area contributed by atoms with Crippen molar-refractivity contribution < 1.29 is 19.7 Å². The molecule has 96 valence electrons. The molecule has 0 aliphatic rings. The largest absolute Gasteiger partial charge is 0.392 e. The van der Waals surface area contributed by atoms with Crippen LogP contribution in [0.3, 0.4) is 0 Å². The zero-order valence-electron chi connectivity index (χ0n) is 9.73. The van der Waals surface area contributed by atoms with Gasteiger partial charge in [0.25, 0.3) is 0 Å². The molecular weight excluding hydrogens is 225 g/mol. The Labute approximate surface area is 99.7 Å². The van der Waals surface area contributed by atoms with Gasteiger partial charge < -0.3 is 20.6 Å². The van der Waals surface area contributed by atoms with Crippen molar-refractivity contribution in [3.05, 3.63) is 35.1 Å². The quantitative estimate of drug-likeness (QED) is 0.580. The number of halogens is 1. The summed E-state index contributed by atoms with van der Waals surface area (Å²) in [4.78, 5) is 0. The van der Waals surface area contributed by atoms with Gasteiger partial charge in [0.1, 0.15) is 11.9 Å². The molecule has 4 nitrogen and oxygen atoms in total. The van der Waals surface area contributed by atoms with Crippen LogP contribution in [-0.2, 0) is 6.61 Å². The van der Waals surface area contributed by atoms with Gasteiger partial charge in [0, 0.05) is 0 Å². The summed E-state index contributed by atoms with van der Waals surface area (Å²) in [5.41, 5.74) is 0.651. The topological polar surface area (TPSA) is 72.7 Å². The lowest BCUT2D eigenvalue weighted by atomic mass is 9.97. The third-order valence-corrected chi connectivity index (χ3v) is 2.65. The smallest absolute Gasteiger partial charge is 0.123 e. The maximum Gasteiger partial charge on any atom is 0.123 e. The van der Waals surface area contributed by atoms with Gasteiger partial charge in [0.2, 0.25) is 0 Å². The molecule has 0 radical (unpaired) electrons. The number of aliphatic hydroxyl groups is 3. The molecule has 2 unspecified atom stereocenters. The van der Waals surface area contributed by atoms with Crippen LogP contribution in [0, 0.1) is 5.82 Å². The van der Waals surface area contributed by atoms with Gasteiger partial charge in [-0.3, -0.25) is 0 Å². The minimum atomic E-state index is -1.19. The first-order valence-corrected chi connectivity index (χ1v) is 5.50. The summed E-state index contributed by atoms with van der Waals surface area (Å²) in [5, 5.41) is 31.6. The molecule has 0 aromatic heterocycles. The SMILES string of the molecule is CNCCC(O)C(O)c1cc(F)ccc1CO. The van der Waals surface area contributed by atoms with E-state index in [1.807, 2.05) is 0 Å². The van der Waals surface area contributed by atoms with E-state index < -0.39 is 18.0 Å². The standard InChI is InChI=1S/C12H18FNO3/c1-14-5-4-11(16)12(17)10-6-9(13)3-2-8(10)7-15/h2-3,6,11-12,14-17H,4-5,7H2,1H3. The van der Waals surface area contributed by atoms with Gasteiger partial charge in [-0.1, -0.05) is 6.07 Å². The Morgan fingerprint density at radius 1 is 1.35 bits per heavy atom. The molecular formula is C12H18FNO3. The van der Waals surface area contributed by atoms with Crippen LogP contribution in [0.25, 0.3) is 0 Å². The minimum absolute atomic E-state index is 0.233. The molecule has 5 heteroatoms. The molecule has 2 atom stereocenters. The monoisotopic (exact) mass is 243 g/mol. The summed E-state index contributed by atoms with van der Waals surface area (Å²) < 4.78 is 13.1. The highest BCUT2D eigenvalue weighted by molar-refractivity contribution is 5.30. The fourth-order valence-electron chi connectivity index (χ4n) is 1.64. The highest BCUT2D eigenvalue weighted by atomic mass is 19.1. The van der Waals surface area contributed by atoms with Gasteiger partial charge in [-0.05, 0) is 43.3 Å². The fraction of sp³-hybridized carbons (Fsp3) is 0.500. The number of rotatable bonds is 6. The highest BCUT2D eigenvalue weighted by Gasteiger charge is 2.21. The van der Waals surface area contributed by atoms with Crippen molar-refractivity contribution in [1.29, 1.82) is 0 Å². The molecule has 1 aromatic rings. The Balaban J connectivity index is 2.86. The average molecular weight is 243 g/mol. The van der Waals surface area contributed by atoms with Crippen LogP contribution in [0.15, 0.2) is 18.2 Å². The van der Waals surface area contributed by atoms with E-state index in [0.29, 0.717) is 18.5 Å². The summed E-state index contributed by atoms with van der Waals surface area (Å²) in [5.74, 6) is -0.503. The Morgan fingerprint density at radius 3 is 2.65 bits per heavy atom. The molecule has 0 saturated heterocycles. The number of hydrogen-bond acceptors (Lipinski definition) is 4. The van der Waals surface area contributed by atoms with Gasteiger partial charge in [0.15, 0.2) is 0 Å². The summed E-state index contributed by atoms with van der Waals surface area (Å²) in [6.07, 6.45) is -1.84. The van der Waals surface area contributed by atoms with Crippen LogP contribution >= 0.6 is 0 Å². The Hall–Kier alpha value is -1.01. The third-order valence-electron chi connectivity index (χ3n) is 2.65. The van der Waals surface area contributed by atoms with Crippen molar-refractivity contribution in [1.82, 2.24) is 5.32 Å². The van der Waals surface area contributed by atoms with E-state index in [9.17, 15) is 14.6 Å². The van der Waals surface area contributed by atoms with E-state index in [0.717, 1.165) is 6.07 Å². The number of benzene rings is 1. The molecule has 0 bridgehead atoms. The van der Waals surface area contributed by atoms with Crippen molar-refractivity contribution in [3.8, 4) is 0 Å². The van der Waals surface area contributed by atoms with E-state index in [2.05, 4.69) is 5.32 Å². The fourth-order valence-corrected chi connectivity index (χ4v) is 1.64. The Bertz CT molecular complexity index is 360. The molecule has 17 heavy (non-hydrogen) atoms. The van der Waals surface area contributed by atoms with Gasteiger partial charge >= 0.3 is 0 Å². The molecule has 0 spiro atoms. The molecule has 0 fully saturated rings. The number of hydrogen-bond donors (Lipinski definition) is 4. The maximum atomic E-state index is 13.1. The van der Waals surface area contributed by atoms with Crippen LogP contribution in [0.2, 0.25) is 0 Å². The van der Waals surface area contributed by atoms with Gasteiger partial charge in [-0.25, -0.2) is 4.39 Å². The molecule has 0 saturated carbocycles. The van der Waals surface area contributed by atoms with E-state index in [1.54, 1.807) is 7.05 Å². The third kappa shape index (κ3) is 3.74. The summed E-state index contributed by atoms with van der Waals surface area (Å²) in [7, 11) is 1.74. The Kier molecular flexibility index (Phi) is 5.50. The van der Waals surface area contributed by atoms with Crippen molar-refractivity contribution in [2.45, 2.75) is 25.2 Å². The first-order chi connectivity index (χ1) is 8.10. The second-order valence-corrected chi connectivity index (χ2v) is 3.91. The lowest BCUT2D eigenvalue weighted by Crippen LogP contribution is -2.24. The van der Waals surface area contributed by atoms with E-state index in [-0.39, 0.29) is 12.2 Å². The van der Waals surface area contributed by atoms with Crippen molar-refractivity contribution >= 4 is 0 Å². The minimum Gasteiger partial charge on any atom is -0.392 e. The van der Waals surface area contributed by atoms with E-state index in [4.69, 9.17) is 5.11 Å². The predicted octanol–water partition coefficient (Wildman–Crippen LogP) is 0.322. The van der Waals surface area contributed by atoms with Gasteiger partial charge in [-0.2, -0.15) is 0 Å². The first kappa shape index (κ1) is 14.1. The van der Waals surface area contributed by atoms with Crippen molar-refractivity contribution in [2.75, 3.05) is 13.6 Å². The number of nitrogens with one attached hydrogen (secondary N) is 1. The van der Waals surface area contributed by atoms with Crippen LogP contribution in [0.5, 0.6) is 0 Å². The second kappa shape index (κ2) is 6.66. The van der Waals surface area contributed by atoms with Crippen LogP contribution in [-0.4, -0.2) is 35.0 Å². The average Bonchev–Trinajstić information content (AvgIpc) is 2.34. The van der Waals surface area contributed by atoms with Crippen molar-refractivity contribution in [2.24, 2.45) is 0 Å². The van der Waals surface area contributed by atoms with E-state index in [1.165, 1.54) is 12.1 Å². The number of aliphatic hydroxyl groups excluding tert-OH is 3. The molecule has 4 N–H and O–H groups in total. The molecule has 1 rings (SSSR count). The van der Waals surface area contributed by atoms with Crippen LogP contribution in [0.4, 0.5) is 4.39 Å². The molecule has 0 heterocycles. The lowest BCUT2D eigenvalue weighted by molar-refractivity contribution is 0.0128. The molecule has 1 aromatic carbocycles. The summed E-state index contributed by atoms with van der Waals surface area (Å²) >= 11 is 0. The second-order valence-electron chi connectivity index (χ2n) is 3.91. The van der Waals surface area contributed by atoms with Crippen LogP contribution < -0.4 is 5.32 Å². The Morgan fingerprint density at radius 2 is 2.06 bits per heavy atom. The van der Waals surface area contributed by atoms with Crippen molar-refractivity contribution in [3.63, 3.8) is 0 Å². The normalized spacial score (nSPS) is 14.6. The lowest BCUT2D eigenvalue weighted by Gasteiger charge is -2.20. The predicted molar refractivity (Wildman–Crippen MR) is 61.8 cm³/mol.